The highest BCUT2D eigenvalue weighted by molar-refractivity contribution is 6.41. The molecule has 1 aliphatic rings. The zero-order valence-electron chi connectivity index (χ0n) is 14.1. The number of allylic oxidation sites excluding steroid dienone is 4. The zero-order valence-corrected chi connectivity index (χ0v) is 14.1. The summed E-state index contributed by atoms with van der Waals surface area (Å²) < 4.78 is 0. The smallest absolute Gasteiger partial charge is 0.148 e. The highest BCUT2D eigenvalue weighted by atomic mass is 15.3. The lowest BCUT2D eigenvalue weighted by molar-refractivity contribution is 0.897. The molecule has 1 aromatic carbocycles. The number of nitrogens with one attached hydrogen (secondary N) is 2. The van der Waals surface area contributed by atoms with Gasteiger partial charge in [0.2, 0.25) is 0 Å². The second-order valence-electron chi connectivity index (χ2n) is 5.35. The molecule has 1 aromatic rings. The summed E-state index contributed by atoms with van der Waals surface area (Å²) in [5.74, 6) is 0.364. The minimum atomic E-state index is 0.364. The van der Waals surface area contributed by atoms with Crippen molar-refractivity contribution in [3.8, 4) is 0 Å². The largest absolute Gasteiger partial charge is 0.382 e. The molecule has 0 amide bonds. The van der Waals surface area contributed by atoms with Crippen molar-refractivity contribution in [2.45, 2.75) is 13.3 Å². The van der Waals surface area contributed by atoms with Gasteiger partial charge in [-0.05, 0) is 30.2 Å². The quantitative estimate of drug-likeness (QED) is 0.428. The van der Waals surface area contributed by atoms with E-state index in [0.29, 0.717) is 23.7 Å². The van der Waals surface area contributed by atoms with Crippen LogP contribution < -0.4 is 16.5 Å². The summed E-state index contributed by atoms with van der Waals surface area (Å²) in [6.07, 6.45) is 8.23. The molecule has 2 rings (SSSR count). The van der Waals surface area contributed by atoms with Crippen molar-refractivity contribution in [3.05, 3.63) is 83.9 Å². The van der Waals surface area contributed by atoms with Crippen LogP contribution in [0.25, 0.3) is 0 Å². The lowest BCUT2D eigenvalue weighted by Gasteiger charge is -2.13. The van der Waals surface area contributed by atoms with Crippen molar-refractivity contribution in [1.82, 2.24) is 10.7 Å². The van der Waals surface area contributed by atoms with Crippen LogP contribution in [-0.4, -0.2) is 18.6 Å². The van der Waals surface area contributed by atoms with Crippen LogP contribution in [0.1, 0.15) is 12.5 Å². The van der Waals surface area contributed by atoms with E-state index in [0.717, 1.165) is 16.8 Å². The van der Waals surface area contributed by atoms with E-state index in [1.54, 1.807) is 7.05 Å². The van der Waals surface area contributed by atoms with E-state index in [-0.39, 0.29) is 0 Å². The van der Waals surface area contributed by atoms with Crippen molar-refractivity contribution in [3.63, 3.8) is 0 Å². The van der Waals surface area contributed by atoms with Gasteiger partial charge in [0, 0.05) is 19.7 Å². The van der Waals surface area contributed by atoms with Gasteiger partial charge in [-0.25, -0.2) is 4.99 Å². The Morgan fingerprint density at radius 1 is 1.25 bits per heavy atom. The van der Waals surface area contributed by atoms with Crippen molar-refractivity contribution in [2.24, 2.45) is 15.8 Å². The van der Waals surface area contributed by atoms with Gasteiger partial charge in [-0.3, -0.25) is 0 Å². The molecule has 0 fully saturated rings. The number of aliphatic imine (C=N–C) groups is 1. The maximum Gasteiger partial charge on any atom is 0.148 e. The third-order valence-corrected chi connectivity index (χ3v) is 3.36. The standard InChI is InChI=1S/C19H23N5/c1-14(2)18(16-11-7-8-12-22-16)23-19(20)17(24-21-3)13-15-9-5-4-6-10-15/h4-12,21-22H,1,13H2,2-3H3,(H2,20,23). The average Bonchev–Trinajstić information content (AvgIpc) is 2.60. The molecule has 24 heavy (non-hydrogen) atoms. The molecular formula is C19H23N5. The van der Waals surface area contributed by atoms with Crippen LogP contribution in [0.4, 0.5) is 0 Å². The highest BCUT2D eigenvalue weighted by Gasteiger charge is 2.11. The number of rotatable bonds is 6. The fraction of sp³-hybridized carbons (Fsp3) is 0.158. The molecule has 0 aromatic heterocycles. The Morgan fingerprint density at radius 3 is 2.58 bits per heavy atom. The second kappa shape index (κ2) is 8.53. The van der Waals surface area contributed by atoms with Gasteiger partial charge in [-0.2, -0.15) is 5.10 Å². The first-order chi connectivity index (χ1) is 11.6. The molecule has 0 saturated carbocycles. The fourth-order valence-corrected chi connectivity index (χ4v) is 2.22. The van der Waals surface area contributed by atoms with E-state index in [2.05, 4.69) is 27.4 Å². The molecule has 124 valence electrons. The fourth-order valence-electron chi connectivity index (χ4n) is 2.22. The zero-order chi connectivity index (χ0) is 17.4. The van der Waals surface area contributed by atoms with Gasteiger partial charge >= 0.3 is 0 Å². The molecule has 4 N–H and O–H groups in total. The lowest BCUT2D eigenvalue weighted by atomic mass is 10.1. The predicted octanol–water partition coefficient (Wildman–Crippen LogP) is 2.62. The highest BCUT2D eigenvalue weighted by Crippen LogP contribution is 2.16. The molecule has 5 heteroatoms. The number of dihydropyridines is 1. The summed E-state index contributed by atoms with van der Waals surface area (Å²) in [6, 6.07) is 10.0. The summed E-state index contributed by atoms with van der Waals surface area (Å²) in [4.78, 5) is 4.57. The lowest BCUT2D eigenvalue weighted by Crippen LogP contribution is -2.28. The number of benzene rings is 1. The number of nitrogens with two attached hydrogens (primary N) is 1. The molecule has 0 aliphatic carbocycles. The SMILES string of the molecule is C=C(C)C(N=C(N)C(Cc1ccccc1)=NNC)=C1C=CC=CN1. The molecule has 0 atom stereocenters. The van der Waals surface area contributed by atoms with Gasteiger partial charge in [-0.15, -0.1) is 0 Å². The Kier molecular flexibility index (Phi) is 6.14. The maximum atomic E-state index is 6.23. The average molecular weight is 321 g/mol. The van der Waals surface area contributed by atoms with Crippen molar-refractivity contribution in [1.29, 1.82) is 0 Å². The van der Waals surface area contributed by atoms with E-state index >= 15 is 0 Å². The third kappa shape index (κ3) is 4.71. The number of hydrogen-bond donors (Lipinski definition) is 3. The van der Waals surface area contributed by atoms with Crippen LogP contribution in [0.3, 0.4) is 0 Å². The number of hydrogen-bond acceptors (Lipinski definition) is 4. The summed E-state index contributed by atoms with van der Waals surface area (Å²) in [5.41, 5.74) is 13.2. The van der Waals surface area contributed by atoms with Crippen molar-refractivity contribution < 1.29 is 0 Å². The number of nitrogens with zero attached hydrogens (tertiary/aromatic N) is 2. The van der Waals surface area contributed by atoms with E-state index in [9.17, 15) is 0 Å². The van der Waals surface area contributed by atoms with Crippen LogP contribution in [0, 0.1) is 0 Å². The first-order valence-electron chi connectivity index (χ1n) is 7.73. The predicted molar refractivity (Wildman–Crippen MR) is 102 cm³/mol. The van der Waals surface area contributed by atoms with Gasteiger partial charge in [0.15, 0.2) is 0 Å². The number of hydrazone groups is 1. The molecule has 1 heterocycles. The molecule has 0 unspecified atom stereocenters. The minimum absolute atomic E-state index is 0.364. The van der Waals surface area contributed by atoms with Crippen LogP contribution in [0.15, 0.2) is 88.4 Å². The van der Waals surface area contributed by atoms with Crippen LogP contribution in [0.5, 0.6) is 0 Å². The monoisotopic (exact) mass is 321 g/mol. The molecule has 5 nitrogen and oxygen atoms in total. The Morgan fingerprint density at radius 2 is 2.00 bits per heavy atom. The number of amidine groups is 1. The topological polar surface area (TPSA) is 74.8 Å². The summed E-state index contributed by atoms with van der Waals surface area (Å²) >= 11 is 0. The molecule has 0 bridgehead atoms. The molecule has 0 saturated heterocycles. The van der Waals surface area contributed by atoms with Gasteiger partial charge in [0.25, 0.3) is 0 Å². The second-order valence-corrected chi connectivity index (χ2v) is 5.35. The van der Waals surface area contributed by atoms with Gasteiger partial charge in [-0.1, -0.05) is 43.0 Å². The van der Waals surface area contributed by atoms with Crippen LogP contribution >= 0.6 is 0 Å². The normalized spacial score (nSPS) is 16.6. The Labute approximate surface area is 143 Å². The summed E-state index contributed by atoms with van der Waals surface area (Å²) in [5, 5.41) is 7.44. The molecular weight excluding hydrogens is 298 g/mol. The van der Waals surface area contributed by atoms with Crippen LogP contribution in [-0.2, 0) is 6.42 Å². The first kappa shape index (κ1) is 17.3. The van der Waals surface area contributed by atoms with Gasteiger partial charge in [0.1, 0.15) is 11.5 Å². The third-order valence-electron chi connectivity index (χ3n) is 3.36. The minimum Gasteiger partial charge on any atom is -0.382 e. The summed E-state index contributed by atoms with van der Waals surface area (Å²) in [6.45, 7) is 5.90. The van der Waals surface area contributed by atoms with E-state index in [1.807, 2.05) is 61.7 Å². The van der Waals surface area contributed by atoms with Crippen molar-refractivity contribution in [2.75, 3.05) is 7.05 Å². The van der Waals surface area contributed by atoms with Gasteiger partial charge < -0.3 is 16.5 Å². The molecule has 0 radical (unpaired) electrons. The Bertz CT molecular complexity index is 736. The van der Waals surface area contributed by atoms with E-state index in [1.165, 1.54) is 0 Å². The summed E-state index contributed by atoms with van der Waals surface area (Å²) in [7, 11) is 1.74. The first-order valence-corrected chi connectivity index (χ1v) is 7.73. The molecule has 0 spiro atoms. The van der Waals surface area contributed by atoms with E-state index < -0.39 is 0 Å². The Hall–Kier alpha value is -3.08. The van der Waals surface area contributed by atoms with E-state index in [4.69, 9.17) is 5.73 Å². The van der Waals surface area contributed by atoms with Crippen LogP contribution in [0.2, 0.25) is 0 Å². The maximum absolute atomic E-state index is 6.23. The van der Waals surface area contributed by atoms with Gasteiger partial charge in [0.05, 0.1) is 11.4 Å². The Balaban J connectivity index is 2.33. The molecule has 1 aliphatic heterocycles. The van der Waals surface area contributed by atoms with Crippen molar-refractivity contribution >= 4 is 11.5 Å².